The number of nitrogens with one attached hydrogen (secondary N) is 4. The van der Waals surface area contributed by atoms with E-state index >= 15 is 9.59 Å². The van der Waals surface area contributed by atoms with Crippen LogP contribution >= 0.6 is 0 Å². The summed E-state index contributed by atoms with van der Waals surface area (Å²) in [5.74, 6) is -10.4. The number of aldehydes is 1. The van der Waals surface area contributed by atoms with Crippen molar-refractivity contribution in [2.24, 2.45) is 35.5 Å². The highest BCUT2D eigenvalue weighted by Gasteiger charge is 2.46. The Morgan fingerprint density at radius 3 is 1.48 bits per heavy atom. The molecule has 0 aliphatic carbocycles. The van der Waals surface area contributed by atoms with Crippen molar-refractivity contribution in [3.05, 3.63) is 12.2 Å². The van der Waals surface area contributed by atoms with Crippen LogP contribution in [0.4, 0.5) is 0 Å². The van der Waals surface area contributed by atoms with Gasteiger partial charge >= 0.3 is 0 Å². The number of carbonyl (C=O) groups excluding carboxylic acids is 12. The largest absolute Gasteiger partial charge is 0.390 e. The molecule has 0 saturated carbocycles. The van der Waals surface area contributed by atoms with Crippen molar-refractivity contribution < 1.29 is 67.4 Å². The lowest BCUT2D eigenvalue weighted by Gasteiger charge is -2.41. The fourth-order valence-corrected chi connectivity index (χ4v) is 11.0. The quantitative estimate of drug-likeness (QED) is 0.0706. The van der Waals surface area contributed by atoms with Crippen molar-refractivity contribution in [1.82, 2.24) is 55.6 Å². The smallest absolute Gasteiger partial charge is 0.246 e. The molecule has 25 heteroatoms. The van der Waals surface area contributed by atoms with Crippen LogP contribution < -0.4 is 21.3 Å². The summed E-state index contributed by atoms with van der Waals surface area (Å²) in [5.41, 5.74) is 0. The number of allylic oxidation sites excluding steroid dienone is 2. The molecule has 0 aromatic heterocycles. The minimum absolute atomic E-state index is 0.0135. The Hall–Kier alpha value is -6.50. The van der Waals surface area contributed by atoms with E-state index in [-0.39, 0.29) is 69.3 Å². The normalized spacial score (nSPS) is 26.5. The summed E-state index contributed by atoms with van der Waals surface area (Å²) in [6.45, 7) is 26.8. The summed E-state index contributed by atoms with van der Waals surface area (Å²) in [5, 5.41) is 23.0. The molecule has 13 atom stereocenters. The van der Waals surface area contributed by atoms with Crippen molar-refractivity contribution in [3.8, 4) is 0 Å². The number of aliphatic hydroxyl groups excluding tert-OH is 1. The van der Waals surface area contributed by atoms with Crippen LogP contribution in [0.2, 0.25) is 0 Å². The molecule has 0 spiro atoms. The number of carbonyl (C=O) groups is 12. The first kappa shape index (κ1) is 80.5. The van der Waals surface area contributed by atoms with Gasteiger partial charge in [-0.25, -0.2) is 0 Å². The number of amides is 11. The van der Waals surface area contributed by atoms with E-state index in [1.807, 2.05) is 41.5 Å². The van der Waals surface area contributed by atoms with E-state index < -0.39 is 162 Å². The molecular formula is C64H113N11O14. The second kappa shape index (κ2) is 37.6. The highest BCUT2D eigenvalue weighted by Crippen LogP contribution is 2.26. The molecule has 1 heterocycles. The monoisotopic (exact) mass is 1260 g/mol. The van der Waals surface area contributed by atoms with Gasteiger partial charge in [-0.15, -0.1) is 0 Å². The van der Waals surface area contributed by atoms with Crippen molar-refractivity contribution in [2.45, 2.75) is 228 Å². The van der Waals surface area contributed by atoms with Crippen molar-refractivity contribution in [2.75, 3.05) is 62.5 Å². The number of hydrogen-bond donors (Lipinski definition) is 5. The van der Waals surface area contributed by atoms with Crippen LogP contribution in [0.25, 0.3) is 0 Å². The first-order chi connectivity index (χ1) is 41.3. The highest BCUT2D eigenvalue weighted by molar-refractivity contribution is 5.99. The molecule has 0 bridgehead atoms. The van der Waals surface area contributed by atoms with Crippen LogP contribution in [0, 0.1) is 35.5 Å². The van der Waals surface area contributed by atoms with E-state index in [1.54, 1.807) is 60.6 Å². The Morgan fingerprint density at radius 2 is 1.00 bits per heavy atom. The molecule has 25 nitrogen and oxygen atoms in total. The molecule has 89 heavy (non-hydrogen) atoms. The molecule has 5 N–H and O–H groups in total. The van der Waals surface area contributed by atoms with Crippen LogP contribution in [0.3, 0.4) is 0 Å². The number of aliphatic hydroxyl groups is 1. The molecule has 11 amide bonds. The van der Waals surface area contributed by atoms with E-state index in [0.29, 0.717) is 6.29 Å². The Labute approximate surface area is 530 Å². The van der Waals surface area contributed by atoms with Crippen molar-refractivity contribution in [3.63, 3.8) is 0 Å². The van der Waals surface area contributed by atoms with Gasteiger partial charge in [0.15, 0.2) is 0 Å². The molecule has 508 valence electrons. The minimum Gasteiger partial charge on any atom is -0.390 e. The van der Waals surface area contributed by atoms with Gasteiger partial charge in [-0.05, 0) is 102 Å². The molecule has 0 unspecified atom stereocenters. The third-order valence-corrected chi connectivity index (χ3v) is 16.6. The lowest BCUT2D eigenvalue weighted by molar-refractivity contribution is -0.157. The van der Waals surface area contributed by atoms with Gasteiger partial charge in [0, 0.05) is 62.4 Å². The summed E-state index contributed by atoms with van der Waals surface area (Å²) in [6, 6.07) is -13.0. The zero-order valence-electron chi connectivity index (χ0n) is 57.9. The predicted octanol–water partition coefficient (Wildman–Crippen LogP) is 2.61. The fourth-order valence-electron chi connectivity index (χ4n) is 11.0. The van der Waals surface area contributed by atoms with Gasteiger partial charge in [0.05, 0.1) is 18.8 Å². The van der Waals surface area contributed by atoms with Gasteiger partial charge in [-0.1, -0.05) is 95.2 Å². The standard InChI is InChI=1S/C64H113N11O14/c1-24-26-29-41(13)54(78)53-58(82)67-45(25-2)60(84)69(17)35-49(77)73(21)52(44(16)89-31-28-27-30-76)57(81)68-50(39(9)10)63(87)70(18)46(32-36(3)4)56(80)65-42(14)55(79)66-43(15)59(83)71(19)47(33-37(5)6)61(85)72(20)48(34-38(7)8)62(86)74(22)51(40(11)12)64(88)75(53)23/h24,26,30,36-48,50-54,78H,25,27-29,31-35H2,1-23H3,(H,65,80)(H,66,79)(H,67,82)(H,68,81)/t41-,42+,43-,44-,45+,46+,47+,48-,50+,51+,52+,53+,54-/m1/s1. The van der Waals surface area contributed by atoms with Gasteiger partial charge in [0.2, 0.25) is 65.0 Å². The number of hydrogen-bond acceptors (Lipinski definition) is 14. The molecular weight excluding hydrogens is 1150 g/mol. The van der Waals surface area contributed by atoms with Crippen LogP contribution in [0.5, 0.6) is 0 Å². The fraction of sp³-hybridized carbons (Fsp3) is 0.781. The summed E-state index contributed by atoms with van der Waals surface area (Å²) < 4.78 is 6.02. The van der Waals surface area contributed by atoms with Gasteiger partial charge in [-0.2, -0.15) is 0 Å². The second-order valence-corrected chi connectivity index (χ2v) is 26.3. The Kier molecular flexibility index (Phi) is 34.0. The lowest BCUT2D eigenvalue weighted by atomic mass is 9.91. The van der Waals surface area contributed by atoms with E-state index in [1.165, 1.54) is 89.7 Å². The predicted molar refractivity (Wildman–Crippen MR) is 340 cm³/mol. The Bertz CT molecular complexity index is 2440. The maximum absolute atomic E-state index is 15.2. The number of rotatable bonds is 19. The van der Waals surface area contributed by atoms with Crippen LogP contribution in [0.15, 0.2) is 12.2 Å². The molecule has 1 aliphatic heterocycles. The SMILES string of the molecule is CC=CC[C@@H](C)[C@@H](O)[C@H]1C(=O)N[C@@H](CC)C(=O)N(C)CC(=O)N(C)[C@@H]([C@@H](C)OCCCC=O)C(=O)N[C@@H](C(C)C)C(=O)N(C)[C@@H](CC(C)C)C(=O)N[C@@H](C)C(=O)N[C@H](C)C(=O)N(C)[C@@H](CC(C)C)C(=O)N(C)[C@H](CC(C)C)C(=O)N(C)[C@@H](C(C)C)C(=O)N1C. The van der Waals surface area contributed by atoms with Gasteiger partial charge < -0.3 is 70.2 Å². The summed E-state index contributed by atoms with van der Waals surface area (Å²) in [6.07, 6.45) is 2.78. The Morgan fingerprint density at radius 1 is 0.528 bits per heavy atom. The van der Waals surface area contributed by atoms with Gasteiger partial charge in [0.25, 0.3) is 0 Å². The van der Waals surface area contributed by atoms with E-state index in [9.17, 15) is 53.1 Å². The van der Waals surface area contributed by atoms with E-state index in [4.69, 9.17) is 4.74 Å². The molecule has 0 aromatic carbocycles. The molecule has 0 radical (unpaired) electrons. The summed E-state index contributed by atoms with van der Waals surface area (Å²) in [7, 11) is 9.69. The molecule has 0 aromatic rings. The van der Waals surface area contributed by atoms with Crippen molar-refractivity contribution >= 4 is 71.3 Å². The zero-order valence-corrected chi connectivity index (χ0v) is 57.9. The van der Waals surface area contributed by atoms with Gasteiger partial charge in [-0.3, -0.25) is 52.7 Å². The van der Waals surface area contributed by atoms with E-state index in [2.05, 4.69) is 21.3 Å². The maximum atomic E-state index is 15.2. The van der Waals surface area contributed by atoms with Crippen LogP contribution in [-0.2, 0) is 62.3 Å². The topological polar surface area (TPSA) is 305 Å². The third kappa shape index (κ3) is 23.0. The van der Waals surface area contributed by atoms with Crippen LogP contribution in [0.1, 0.15) is 156 Å². The number of likely N-dealkylation sites (N-methyl/N-ethyl adjacent to an activating group) is 7. The number of nitrogens with zero attached hydrogens (tertiary/aromatic N) is 7. The number of ether oxygens (including phenoxy) is 1. The third-order valence-electron chi connectivity index (χ3n) is 16.6. The first-order valence-electron chi connectivity index (χ1n) is 31.7. The molecule has 1 rings (SSSR count). The maximum Gasteiger partial charge on any atom is 0.246 e. The lowest BCUT2D eigenvalue weighted by Crippen LogP contribution is -2.63. The molecule has 1 aliphatic rings. The summed E-state index contributed by atoms with van der Waals surface area (Å²) in [4.78, 5) is 180. The average Bonchev–Trinajstić information content (AvgIpc) is 0.987. The molecule has 1 saturated heterocycles. The minimum atomic E-state index is -1.65. The highest BCUT2D eigenvalue weighted by atomic mass is 16.5. The van der Waals surface area contributed by atoms with E-state index in [0.717, 1.165) is 14.7 Å². The Balaban J connectivity index is 4.39. The van der Waals surface area contributed by atoms with Gasteiger partial charge in [0.1, 0.15) is 66.7 Å². The van der Waals surface area contributed by atoms with Crippen molar-refractivity contribution in [1.29, 1.82) is 0 Å². The average molecular weight is 1260 g/mol. The zero-order chi connectivity index (χ0) is 68.8. The first-order valence-corrected chi connectivity index (χ1v) is 31.7. The second-order valence-electron chi connectivity index (χ2n) is 26.3. The van der Waals surface area contributed by atoms with Crippen LogP contribution in [-0.4, -0.2) is 246 Å². The molecule has 1 fully saturated rings. The summed E-state index contributed by atoms with van der Waals surface area (Å²) >= 11 is 0. The number of unbranched alkanes of at least 4 members (excludes halogenated alkanes) is 1.